The molecule has 24 heavy (non-hydrogen) atoms. The topological polar surface area (TPSA) is 50.4 Å². The number of piperidine rings is 1. The molecule has 1 aromatic carbocycles. The highest BCUT2D eigenvalue weighted by Crippen LogP contribution is 2.25. The summed E-state index contributed by atoms with van der Waals surface area (Å²) >= 11 is 0. The van der Waals surface area contributed by atoms with E-state index in [0.717, 1.165) is 24.5 Å². The van der Waals surface area contributed by atoms with Crippen molar-refractivity contribution in [3.8, 4) is 5.75 Å². The van der Waals surface area contributed by atoms with Gasteiger partial charge in [0.1, 0.15) is 5.75 Å². The van der Waals surface area contributed by atoms with E-state index in [1.54, 1.807) is 0 Å². The highest BCUT2D eigenvalue weighted by atomic mass is 35.5. The van der Waals surface area contributed by atoms with Gasteiger partial charge in [0.2, 0.25) is 5.91 Å². The van der Waals surface area contributed by atoms with Gasteiger partial charge >= 0.3 is 0 Å². The SMILES string of the molecule is CC(C)COc1cccc(NC(=O)CC(C)C2CCNCC2)c1.Cl. The lowest BCUT2D eigenvalue weighted by molar-refractivity contribution is -0.117. The van der Waals surface area contributed by atoms with Crippen LogP contribution in [0.5, 0.6) is 5.75 Å². The van der Waals surface area contributed by atoms with Crippen LogP contribution < -0.4 is 15.4 Å². The molecule has 1 aliphatic heterocycles. The smallest absolute Gasteiger partial charge is 0.224 e. The first-order chi connectivity index (χ1) is 11.0. The monoisotopic (exact) mass is 354 g/mol. The van der Waals surface area contributed by atoms with E-state index in [1.165, 1.54) is 12.8 Å². The van der Waals surface area contributed by atoms with Crippen LogP contribution in [0.1, 0.15) is 40.0 Å². The molecule has 2 N–H and O–H groups in total. The van der Waals surface area contributed by atoms with E-state index < -0.39 is 0 Å². The molecule has 1 atom stereocenters. The molecule has 1 amide bonds. The van der Waals surface area contributed by atoms with Crippen LogP contribution in [-0.4, -0.2) is 25.6 Å². The van der Waals surface area contributed by atoms with Gasteiger partial charge < -0.3 is 15.4 Å². The molecule has 0 aromatic heterocycles. The van der Waals surface area contributed by atoms with E-state index in [9.17, 15) is 4.79 Å². The zero-order valence-corrected chi connectivity index (χ0v) is 15.8. The Morgan fingerprint density at radius 2 is 2.00 bits per heavy atom. The van der Waals surface area contributed by atoms with Crippen molar-refractivity contribution in [1.82, 2.24) is 5.32 Å². The summed E-state index contributed by atoms with van der Waals surface area (Å²) in [5.74, 6) is 2.47. The molecule has 0 bridgehead atoms. The molecule has 0 radical (unpaired) electrons. The quantitative estimate of drug-likeness (QED) is 0.774. The molecule has 1 fully saturated rings. The molecule has 1 saturated heterocycles. The van der Waals surface area contributed by atoms with Gasteiger partial charge in [-0.15, -0.1) is 12.4 Å². The molecular formula is C19H31ClN2O2. The van der Waals surface area contributed by atoms with Crippen LogP contribution in [-0.2, 0) is 4.79 Å². The molecule has 0 spiro atoms. The van der Waals surface area contributed by atoms with Crippen molar-refractivity contribution in [2.75, 3.05) is 25.0 Å². The summed E-state index contributed by atoms with van der Waals surface area (Å²) in [4.78, 5) is 12.3. The standard InChI is InChI=1S/C19H30N2O2.ClH/c1-14(2)13-23-18-6-4-5-17(12-18)21-19(22)11-15(3)16-7-9-20-10-8-16;/h4-6,12,14-16,20H,7-11,13H2,1-3H3,(H,21,22);1H. The number of hydrogen-bond donors (Lipinski definition) is 2. The number of halogens is 1. The summed E-state index contributed by atoms with van der Waals surface area (Å²) in [6.07, 6.45) is 2.93. The van der Waals surface area contributed by atoms with Crippen LogP contribution in [0.25, 0.3) is 0 Å². The fourth-order valence-electron chi connectivity index (χ4n) is 3.01. The van der Waals surface area contributed by atoms with Gasteiger partial charge in [0.15, 0.2) is 0 Å². The number of nitrogens with one attached hydrogen (secondary N) is 2. The molecule has 1 aromatic rings. The minimum atomic E-state index is 0. The lowest BCUT2D eigenvalue weighted by Gasteiger charge is -2.27. The van der Waals surface area contributed by atoms with Gasteiger partial charge in [0.05, 0.1) is 6.61 Å². The minimum absolute atomic E-state index is 0. The van der Waals surface area contributed by atoms with Crippen molar-refractivity contribution >= 4 is 24.0 Å². The van der Waals surface area contributed by atoms with Crippen molar-refractivity contribution in [3.63, 3.8) is 0 Å². The molecule has 2 rings (SSSR count). The van der Waals surface area contributed by atoms with Crippen LogP contribution >= 0.6 is 12.4 Å². The summed E-state index contributed by atoms with van der Waals surface area (Å²) in [5.41, 5.74) is 0.814. The molecule has 136 valence electrons. The fraction of sp³-hybridized carbons (Fsp3) is 0.632. The molecule has 1 aliphatic rings. The maximum absolute atomic E-state index is 12.3. The van der Waals surface area contributed by atoms with Crippen LogP contribution in [0.3, 0.4) is 0 Å². The van der Waals surface area contributed by atoms with Gasteiger partial charge in [0.25, 0.3) is 0 Å². The predicted molar refractivity (Wildman–Crippen MR) is 102 cm³/mol. The first kappa shape index (κ1) is 20.8. The van der Waals surface area contributed by atoms with Crippen LogP contribution in [0.15, 0.2) is 24.3 Å². The van der Waals surface area contributed by atoms with Crippen molar-refractivity contribution in [3.05, 3.63) is 24.3 Å². The first-order valence-electron chi connectivity index (χ1n) is 8.78. The zero-order valence-electron chi connectivity index (χ0n) is 15.0. The average molecular weight is 355 g/mol. The van der Waals surface area contributed by atoms with E-state index in [-0.39, 0.29) is 18.3 Å². The van der Waals surface area contributed by atoms with Gasteiger partial charge in [-0.1, -0.05) is 26.8 Å². The summed E-state index contributed by atoms with van der Waals surface area (Å²) in [6.45, 7) is 9.27. The van der Waals surface area contributed by atoms with Gasteiger partial charge in [-0.3, -0.25) is 4.79 Å². The Hall–Kier alpha value is -1.26. The second-order valence-electron chi connectivity index (χ2n) is 7.05. The Bertz CT molecular complexity index is 502. The number of rotatable bonds is 7. The molecule has 0 saturated carbocycles. The van der Waals surface area contributed by atoms with Gasteiger partial charge in [-0.2, -0.15) is 0 Å². The minimum Gasteiger partial charge on any atom is -0.493 e. The predicted octanol–water partition coefficient (Wildman–Crippen LogP) is 4.11. The van der Waals surface area contributed by atoms with Crippen molar-refractivity contribution in [1.29, 1.82) is 0 Å². The molecule has 4 nitrogen and oxygen atoms in total. The van der Waals surface area contributed by atoms with Crippen molar-refractivity contribution < 1.29 is 9.53 Å². The van der Waals surface area contributed by atoms with E-state index >= 15 is 0 Å². The normalized spacial score (nSPS) is 16.3. The fourth-order valence-corrected chi connectivity index (χ4v) is 3.01. The molecule has 1 heterocycles. The number of amides is 1. The highest BCUT2D eigenvalue weighted by Gasteiger charge is 2.22. The third-order valence-corrected chi connectivity index (χ3v) is 4.40. The molecule has 5 heteroatoms. The van der Waals surface area contributed by atoms with Gasteiger partial charge in [-0.05, 0) is 55.8 Å². The Kier molecular flexibility index (Phi) is 9.16. The summed E-state index contributed by atoms with van der Waals surface area (Å²) in [7, 11) is 0. The third-order valence-electron chi connectivity index (χ3n) is 4.40. The number of ether oxygens (including phenoxy) is 1. The Labute approximate surface area is 152 Å². The van der Waals surface area contributed by atoms with E-state index in [4.69, 9.17) is 4.74 Å². The number of anilines is 1. The van der Waals surface area contributed by atoms with Gasteiger partial charge in [0, 0.05) is 18.2 Å². The highest BCUT2D eigenvalue weighted by molar-refractivity contribution is 5.91. The Morgan fingerprint density at radius 3 is 2.67 bits per heavy atom. The Morgan fingerprint density at radius 1 is 1.29 bits per heavy atom. The van der Waals surface area contributed by atoms with Crippen molar-refractivity contribution in [2.24, 2.45) is 17.8 Å². The average Bonchev–Trinajstić information content (AvgIpc) is 2.54. The largest absolute Gasteiger partial charge is 0.493 e. The third kappa shape index (κ3) is 7.10. The zero-order chi connectivity index (χ0) is 16.7. The molecular weight excluding hydrogens is 324 g/mol. The second-order valence-corrected chi connectivity index (χ2v) is 7.05. The second kappa shape index (κ2) is 10.6. The number of carbonyl (C=O) groups excluding carboxylic acids is 1. The van der Waals surface area contributed by atoms with Crippen LogP contribution in [0, 0.1) is 17.8 Å². The maximum atomic E-state index is 12.3. The van der Waals surface area contributed by atoms with E-state index in [2.05, 4.69) is 31.4 Å². The first-order valence-corrected chi connectivity index (χ1v) is 8.78. The number of hydrogen-bond acceptors (Lipinski definition) is 3. The number of benzene rings is 1. The Balaban J connectivity index is 0.00000288. The number of carbonyl (C=O) groups is 1. The van der Waals surface area contributed by atoms with Gasteiger partial charge in [-0.25, -0.2) is 0 Å². The lowest BCUT2D eigenvalue weighted by Crippen LogP contribution is -2.32. The van der Waals surface area contributed by atoms with E-state index in [0.29, 0.717) is 30.8 Å². The van der Waals surface area contributed by atoms with E-state index in [1.807, 2.05) is 24.3 Å². The lowest BCUT2D eigenvalue weighted by atomic mass is 9.84. The maximum Gasteiger partial charge on any atom is 0.224 e. The summed E-state index contributed by atoms with van der Waals surface area (Å²) < 4.78 is 5.71. The summed E-state index contributed by atoms with van der Waals surface area (Å²) in [6, 6.07) is 7.65. The summed E-state index contributed by atoms with van der Waals surface area (Å²) in [5, 5.41) is 6.38. The van der Waals surface area contributed by atoms with Crippen LogP contribution in [0.4, 0.5) is 5.69 Å². The van der Waals surface area contributed by atoms with Crippen LogP contribution in [0.2, 0.25) is 0 Å². The molecule has 0 aliphatic carbocycles. The molecule has 1 unspecified atom stereocenters. The van der Waals surface area contributed by atoms with Crippen molar-refractivity contribution in [2.45, 2.75) is 40.0 Å².